The summed E-state index contributed by atoms with van der Waals surface area (Å²) in [6.45, 7) is 5.17. The van der Waals surface area contributed by atoms with Gasteiger partial charge in [-0.2, -0.15) is 0 Å². The maximum atomic E-state index is 13.3. The second-order valence-corrected chi connectivity index (χ2v) is 6.79. The summed E-state index contributed by atoms with van der Waals surface area (Å²) < 4.78 is 13.3. The quantitative estimate of drug-likeness (QED) is 0.490. The molecular formula is C24H28FN3. The number of benzene rings is 3. The maximum Gasteiger partial charge on any atom is 0.123 e. The number of nitrogens with zero attached hydrogens (tertiary/aromatic N) is 1. The van der Waals surface area contributed by atoms with Crippen LogP contribution >= 0.6 is 0 Å². The Hall–Kier alpha value is -2.69. The molecule has 4 heteroatoms. The first kappa shape index (κ1) is 20.1. The minimum absolute atomic E-state index is 0.201. The fourth-order valence-electron chi connectivity index (χ4n) is 3.11. The predicted molar refractivity (Wildman–Crippen MR) is 115 cm³/mol. The third-order valence-corrected chi connectivity index (χ3v) is 4.65. The number of anilines is 1. The molecule has 0 spiro atoms. The van der Waals surface area contributed by atoms with Crippen molar-refractivity contribution in [3.8, 4) is 0 Å². The molecule has 3 aromatic carbocycles. The Labute approximate surface area is 167 Å². The number of hydrogen-bond acceptors (Lipinski definition) is 3. The molecule has 0 aliphatic carbocycles. The molecule has 0 saturated carbocycles. The van der Waals surface area contributed by atoms with Crippen LogP contribution < -0.4 is 15.5 Å². The highest BCUT2D eigenvalue weighted by atomic mass is 19.1. The van der Waals surface area contributed by atoms with Crippen molar-refractivity contribution in [1.29, 1.82) is 0 Å². The molecule has 146 valence electrons. The highest BCUT2D eigenvalue weighted by molar-refractivity contribution is 5.46. The van der Waals surface area contributed by atoms with Gasteiger partial charge in [-0.1, -0.05) is 60.7 Å². The minimum Gasteiger partial charge on any atom is -0.369 e. The van der Waals surface area contributed by atoms with Gasteiger partial charge in [0.15, 0.2) is 0 Å². The van der Waals surface area contributed by atoms with Gasteiger partial charge in [0, 0.05) is 45.0 Å². The molecule has 0 amide bonds. The van der Waals surface area contributed by atoms with E-state index in [9.17, 15) is 4.39 Å². The summed E-state index contributed by atoms with van der Waals surface area (Å²) >= 11 is 0. The number of hydrogen-bond donors (Lipinski definition) is 2. The van der Waals surface area contributed by atoms with Crippen LogP contribution in [0.25, 0.3) is 0 Å². The molecule has 3 rings (SSSR count). The van der Waals surface area contributed by atoms with Crippen molar-refractivity contribution in [2.24, 2.45) is 0 Å². The fourth-order valence-corrected chi connectivity index (χ4v) is 3.11. The first-order valence-corrected chi connectivity index (χ1v) is 9.81. The zero-order valence-corrected chi connectivity index (χ0v) is 16.2. The van der Waals surface area contributed by atoms with Gasteiger partial charge in [-0.3, -0.25) is 0 Å². The van der Waals surface area contributed by atoms with Gasteiger partial charge in [-0.15, -0.1) is 0 Å². The van der Waals surface area contributed by atoms with Gasteiger partial charge in [0.2, 0.25) is 0 Å². The molecular weight excluding hydrogens is 349 g/mol. The summed E-state index contributed by atoms with van der Waals surface area (Å²) in [5.74, 6) is -0.201. The Morgan fingerprint density at radius 3 is 1.54 bits per heavy atom. The van der Waals surface area contributed by atoms with E-state index in [1.165, 1.54) is 23.3 Å². The van der Waals surface area contributed by atoms with Crippen molar-refractivity contribution in [2.75, 3.05) is 31.1 Å². The zero-order valence-electron chi connectivity index (χ0n) is 16.2. The van der Waals surface area contributed by atoms with Gasteiger partial charge in [0.1, 0.15) is 5.82 Å². The Balaban J connectivity index is 1.47. The molecule has 0 aliphatic heterocycles. The van der Waals surface area contributed by atoms with E-state index in [4.69, 9.17) is 0 Å². The van der Waals surface area contributed by atoms with E-state index < -0.39 is 0 Å². The third kappa shape index (κ3) is 6.80. The van der Waals surface area contributed by atoms with Gasteiger partial charge in [0.05, 0.1) is 0 Å². The summed E-state index contributed by atoms with van der Waals surface area (Å²) in [5.41, 5.74) is 3.60. The molecule has 0 atom stereocenters. The average molecular weight is 378 g/mol. The SMILES string of the molecule is Fc1ccc(N(CCNCc2ccccc2)CCNCc2ccccc2)cc1. The molecule has 0 radical (unpaired) electrons. The van der Waals surface area contributed by atoms with Gasteiger partial charge < -0.3 is 15.5 Å². The van der Waals surface area contributed by atoms with Crippen molar-refractivity contribution in [3.05, 3.63) is 102 Å². The van der Waals surface area contributed by atoms with Crippen molar-refractivity contribution < 1.29 is 4.39 Å². The molecule has 0 saturated heterocycles. The largest absolute Gasteiger partial charge is 0.369 e. The van der Waals surface area contributed by atoms with Crippen molar-refractivity contribution in [1.82, 2.24) is 10.6 Å². The molecule has 28 heavy (non-hydrogen) atoms. The summed E-state index contributed by atoms with van der Waals surface area (Å²) in [5, 5.41) is 6.99. The summed E-state index contributed by atoms with van der Waals surface area (Å²) in [4.78, 5) is 2.29. The van der Waals surface area contributed by atoms with Crippen LogP contribution in [0.5, 0.6) is 0 Å². The van der Waals surface area contributed by atoms with Crippen LogP contribution in [0.2, 0.25) is 0 Å². The summed E-state index contributed by atoms with van der Waals surface area (Å²) in [7, 11) is 0. The molecule has 0 bridgehead atoms. The van der Waals surface area contributed by atoms with Crippen LogP contribution in [0.3, 0.4) is 0 Å². The Morgan fingerprint density at radius 1 is 0.607 bits per heavy atom. The van der Waals surface area contributed by atoms with Crippen LogP contribution in [-0.2, 0) is 13.1 Å². The standard InChI is InChI=1S/C24H28FN3/c25-23-11-13-24(14-12-23)28(17-15-26-19-21-7-3-1-4-8-21)18-16-27-20-22-9-5-2-6-10-22/h1-14,26-27H,15-20H2. The van der Waals surface area contributed by atoms with E-state index in [1.807, 2.05) is 24.3 Å². The van der Waals surface area contributed by atoms with E-state index in [0.29, 0.717) is 0 Å². The first-order valence-electron chi connectivity index (χ1n) is 9.81. The van der Waals surface area contributed by atoms with E-state index in [-0.39, 0.29) is 5.82 Å². The van der Waals surface area contributed by atoms with E-state index in [2.05, 4.69) is 64.1 Å². The van der Waals surface area contributed by atoms with Gasteiger partial charge in [0.25, 0.3) is 0 Å². The molecule has 3 aromatic rings. The maximum absolute atomic E-state index is 13.3. The van der Waals surface area contributed by atoms with Crippen LogP contribution in [0.1, 0.15) is 11.1 Å². The molecule has 2 N–H and O–H groups in total. The second kappa shape index (κ2) is 11.2. The topological polar surface area (TPSA) is 27.3 Å². The lowest BCUT2D eigenvalue weighted by Gasteiger charge is -2.25. The van der Waals surface area contributed by atoms with Crippen molar-refractivity contribution >= 4 is 5.69 Å². The van der Waals surface area contributed by atoms with E-state index >= 15 is 0 Å². The zero-order chi connectivity index (χ0) is 19.4. The predicted octanol–water partition coefficient (Wildman–Crippen LogP) is 4.21. The Kier molecular flexibility index (Phi) is 8.04. The molecule has 3 nitrogen and oxygen atoms in total. The Bertz CT molecular complexity index is 744. The molecule has 0 unspecified atom stereocenters. The van der Waals surface area contributed by atoms with E-state index in [1.54, 1.807) is 0 Å². The highest BCUT2D eigenvalue weighted by Gasteiger charge is 2.06. The monoisotopic (exact) mass is 377 g/mol. The van der Waals surface area contributed by atoms with Gasteiger partial charge in [-0.25, -0.2) is 4.39 Å². The first-order chi connectivity index (χ1) is 13.8. The van der Waals surface area contributed by atoms with Crippen LogP contribution in [-0.4, -0.2) is 26.2 Å². The average Bonchev–Trinajstić information content (AvgIpc) is 2.75. The smallest absolute Gasteiger partial charge is 0.123 e. The van der Waals surface area contributed by atoms with Crippen LogP contribution in [0, 0.1) is 5.82 Å². The Morgan fingerprint density at radius 2 is 1.07 bits per heavy atom. The number of rotatable bonds is 11. The molecule has 0 aromatic heterocycles. The lowest BCUT2D eigenvalue weighted by molar-refractivity contribution is 0.619. The lowest BCUT2D eigenvalue weighted by Crippen LogP contribution is -2.36. The lowest BCUT2D eigenvalue weighted by atomic mass is 10.2. The van der Waals surface area contributed by atoms with E-state index in [0.717, 1.165) is 45.0 Å². The highest BCUT2D eigenvalue weighted by Crippen LogP contribution is 2.14. The number of nitrogens with one attached hydrogen (secondary N) is 2. The second-order valence-electron chi connectivity index (χ2n) is 6.79. The van der Waals surface area contributed by atoms with Crippen LogP contribution in [0.4, 0.5) is 10.1 Å². The minimum atomic E-state index is -0.201. The third-order valence-electron chi connectivity index (χ3n) is 4.65. The molecule has 0 fully saturated rings. The van der Waals surface area contributed by atoms with Crippen LogP contribution in [0.15, 0.2) is 84.9 Å². The number of halogens is 1. The van der Waals surface area contributed by atoms with Gasteiger partial charge in [-0.05, 0) is 35.4 Å². The van der Waals surface area contributed by atoms with Gasteiger partial charge >= 0.3 is 0 Å². The summed E-state index contributed by atoms with van der Waals surface area (Å²) in [6.07, 6.45) is 0. The molecule has 0 aliphatic rings. The molecule has 0 heterocycles. The fraction of sp³-hybridized carbons (Fsp3) is 0.250. The normalized spacial score (nSPS) is 10.8. The van der Waals surface area contributed by atoms with Crippen molar-refractivity contribution in [2.45, 2.75) is 13.1 Å². The summed E-state index contributed by atoms with van der Waals surface area (Å²) in [6, 6.07) is 27.5. The van der Waals surface area contributed by atoms with Crippen molar-refractivity contribution in [3.63, 3.8) is 0 Å².